The maximum absolute atomic E-state index is 4.65. The van der Waals surface area contributed by atoms with Crippen LogP contribution in [0.15, 0.2) is 5.38 Å². The maximum atomic E-state index is 4.65. The van der Waals surface area contributed by atoms with Gasteiger partial charge in [-0.3, -0.25) is 0 Å². The fourth-order valence-corrected chi connectivity index (χ4v) is 2.89. The molecule has 1 aliphatic heterocycles. The smallest absolute Gasteiger partial charge is 0.185 e. The second-order valence-electron chi connectivity index (χ2n) is 5.30. The molecule has 0 bridgehead atoms. The van der Waals surface area contributed by atoms with Crippen molar-refractivity contribution in [2.24, 2.45) is 5.41 Å². The van der Waals surface area contributed by atoms with Gasteiger partial charge in [0.25, 0.3) is 0 Å². The third-order valence-electron chi connectivity index (χ3n) is 3.29. The Balaban J connectivity index is 1.97. The molecule has 1 aromatic heterocycles. The van der Waals surface area contributed by atoms with Crippen LogP contribution in [-0.4, -0.2) is 25.1 Å². The quantitative estimate of drug-likeness (QED) is 0.878. The van der Waals surface area contributed by atoms with Crippen molar-refractivity contribution in [3.8, 4) is 0 Å². The Kier molecular flexibility index (Phi) is 3.50. The molecule has 16 heavy (non-hydrogen) atoms. The Labute approximate surface area is 102 Å². The second kappa shape index (κ2) is 4.72. The van der Waals surface area contributed by atoms with E-state index in [0.29, 0.717) is 5.41 Å². The fourth-order valence-electron chi connectivity index (χ4n) is 2.01. The zero-order valence-corrected chi connectivity index (χ0v) is 11.2. The predicted molar refractivity (Wildman–Crippen MR) is 70.1 cm³/mol. The van der Waals surface area contributed by atoms with Crippen molar-refractivity contribution < 1.29 is 0 Å². The van der Waals surface area contributed by atoms with E-state index in [2.05, 4.69) is 34.4 Å². The van der Waals surface area contributed by atoms with Crippen LogP contribution in [0, 0.1) is 5.41 Å². The molecule has 0 atom stereocenters. The largest absolute Gasteiger partial charge is 0.348 e. The summed E-state index contributed by atoms with van der Waals surface area (Å²) in [5.41, 5.74) is 1.68. The monoisotopic (exact) mass is 239 g/mol. The van der Waals surface area contributed by atoms with Crippen LogP contribution < -0.4 is 10.2 Å². The molecule has 1 fully saturated rings. The van der Waals surface area contributed by atoms with E-state index in [1.807, 2.05) is 7.05 Å². The predicted octanol–water partition coefficient (Wildman–Crippen LogP) is 2.49. The van der Waals surface area contributed by atoms with E-state index in [4.69, 9.17) is 0 Å². The second-order valence-corrected chi connectivity index (χ2v) is 6.14. The molecule has 0 radical (unpaired) electrons. The van der Waals surface area contributed by atoms with Gasteiger partial charge in [-0.15, -0.1) is 11.3 Å². The van der Waals surface area contributed by atoms with Gasteiger partial charge in [0.2, 0.25) is 0 Å². The zero-order valence-electron chi connectivity index (χ0n) is 10.4. The molecule has 90 valence electrons. The molecule has 0 unspecified atom stereocenters. The van der Waals surface area contributed by atoms with E-state index in [1.54, 1.807) is 11.3 Å². The zero-order chi connectivity index (χ0) is 11.6. The lowest BCUT2D eigenvalue weighted by Gasteiger charge is -2.36. The molecule has 1 aromatic rings. The SMILES string of the molecule is CNCc1csc(N2CCC(C)(C)CC2)n1. The van der Waals surface area contributed by atoms with Gasteiger partial charge >= 0.3 is 0 Å². The first-order valence-corrected chi connectivity index (χ1v) is 6.83. The number of anilines is 1. The summed E-state index contributed by atoms with van der Waals surface area (Å²) in [6, 6.07) is 0. The summed E-state index contributed by atoms with van der Waals surface area (Å²) in [6.45, 7) is 7.89. The molecular weight excluding hydrogens is 218 g/mol. The van der Waals surface area contributed by atoms with Gasteiger partial charge < -0.3 is 10.2 Å². The van der Waals surface area contributed by atoms with Crippen LogP contribution in [0.4, 0.5) is 5.13 Å². The Morgan fingerprint density at radius 1 is 1.44 bits per heavy atom. The number of hydrogen-bond acceptors (Lipinski definition) is 4. The number of piperidine rings is 1. The van der Waals surface area contributed by atoms with Crippen molar-refractivity contribution in [3.05, 3.63) is 11.1 Å². The highest BCUT2D eigenvalue weighted by molar-refractivity contribution is 7.13. The highest BCUT2D eigenvalue weighted by Gasteiger charge is 2.26. The van der Waals surface area contributed by atoms with Gasteiger partial charge in [-0.05, 0) is 25.3 Å². The lowest BCUT2D eigenvalue weighted by atomic mass is 9.83. The molecular formula is C12H21N3S. The first-order valence-electron chi connectivity index (χ1n) is 5.95. The van der Waals surface area contributed by atoms with Gasteiger partial charge in [0.05, 0.1) is 5.69 Å². The van der Waals surface area contributed by atoms with Crippen molar-refractivity contribution in [2.45, 2.75) is 33.2 Å². The fraction of sp³-hybridized carbons (Fsp3) is 0.750. The summed E-state index contributed by atoms with van der Waals surface area (Å²) in [6.07, 6.45) is 2.54. The Morgan fingerprint density at radius 2 is 2.12 bits per heavy atom. The lowest BCUT2D eigenvalue weighted by molar-refractivity contribution is 0.279. The highest BCUT2D eigenvalue weighted by Crippen LogP contribution is 2.33. The number of rotatable bonds is 3. The maximum Gasteiger partial charge on any atom is 0.185 e. The normalized spacial score (nSPS) is 20.1. The van der Waals surface area contributed by atoms with Crippen molar-refractivity contribution in [2.75, 3.05) is 25.0 Å². The van der Waals surface area contributed by atoms with Crippen LogP contribution in [0.25, 0.3) is 0 Å². The van der Waals surface area contributed by atoms with Crippen LogP contribution in [0.5, 0.6) is 0 Å². The van der Waals surface area contributed by atoms with Gasteiger partial charge in [-0.2, -0.15) is 0 Å². The topological polar surface area (TPSA) is 28.2 Å². The minimum atomic E-state index is 0.515. The summed E-state index contributed by atoms with van der Waals surface area (Å²) < 4.78 is 0. The standard InChI is InChI=1S/C12H21N3S/c1-12(2)4-6-15(7-5-12)11-14-10(8-13-3)9-16-11/h9,13H,4-8H2,1-3H3. The van der Waals surface area contributed by atoms with E-state index in [9.17, 15) is 0 Å². The third kappa shape index (κ3) is 2.74. The number of thiazole rings is 1. The van der Waals surface area contributed by atoms with E-state index < -0.39 is 0 Å². The molecule has 4 heteroatoms. The number of nitrogens with one attached hydrogen (secondary N) is 1. The Hall–Kier alpha value is -0.610. The molecule has 3 nitrogen and oxygen atoms in total. The minimum absolute atomic E-state index is 0.515. The average molecular weight is 239 g/mol. The Morgan fingerprint density at radius 3 is 2.75 bits per heavy atom. The van der Waals surface area contributed by atoms with Crippen LogP contribution in [0.3, 0.4) is 0 Å². The van der Waals surface area contributed by atoms with Gasteiger partial charge in [0.1, 0.15) is 0 Å². The van der Waals surface area contributed by atoms with E-state index >= 15 is 0 Å². The molecule has 0 amide bonds. The lowest BCUT2D eigenvalue weighted by Crippen LogP contribution is -2.37. The Bertz CT molecular complexity index is 336. The summed E-state index contributed by atoms with van der Waals surface area (Å²) >= 11 is 1.77. The van der Waals surface area contributed by atoms with Crippen molar-refractivity contribution >= 4 is 16.5 Å². The molecule has 1 aliphatic rings. The first-order chi connectivity index (χ1) is 7.61. The highest BCUT2D eigenvalue weighted by atomic mass is 32.1. The minimum Gasteiger partial charge on any atom is -0.348 e. The average Bonchev–Trinajstić information content (AvgIpc) is 2.67. The summed E-state index contributed by atoms with van der Waals surface area (Å²) in [7, 11) is 1.96. The first kappa shape index (κ1) is 11.9. The summed E-state index contributed by atoms with van der Waals surface area (Å²) in [4.78, 5) is 7.08. The van der Waals surface area contributed by atoms with E-state index in [1.165, 1.54) is 18.0 Å². The van der Waals surface area contributed by atoms with Gasteiger partial charge in [0, 0.05) is 25.0 Å². The van der Waals surface area contributed by atoms with Crippen LogP contribution in [-0.2, 0) is 6.54 Å². The molecule has 0 saturated carbocycles. The van der Waals surface area contributed by atoms with Crippen LogP contribution in [0.2, 0.25) is 0 Å². The van der Waals surface area contributed by atoms with Gasteiger partial charge in [-0.25, -0.2) is 4.98 Å². The summed E-state index contributed by atoms with van der Waals surface area (Å²) in [5.74, 6) is 0. The van der Waals surface area contributed by atoms with Crippen molar-refractivity contribution in [3.63, 3.8) is 0 Å². The summed E-state index contributed by atoms with van der Waals surface area (Å²) in [5, 5.41) is 6.49. The molecule has 2 heterocycles. The van der Waals surface area contributed by atoms with Crippen molar-refractivity contribution in [1.29, 1.82) is 0 Å². The van der Waals surface area contributed by atoms with Crippen molar-refractivity contribution in [1.82, 2.24) is 10.3 Å². The molecule has 1 N–H and O–H groups in total. The van der Waals surface area contributed by atoms with E-state index in [-0.39, 0.29) is 0 Å². The number of aromatic nitrogens is 1. The van der Waals surface area contributed by atoms with E-state index in [0.717, 1.165) is 25.3 Å². The molecule has 1 saturated heterocycles. The van der Waals surface area contributed by atoms with Crippen LogP contribution >= 0.6 is 11.3 Å². The molecule has 0 spiro atoms. The number of nitrogens with zero attached hydrogens (tertiary/aromatic N) is 2. The third-order valence-corrected chi connectivity index (χ3v) is 4.24. The van der Waals surface area contributed by atoms with Gasteiger partial charge in [0.15, 0.2) is 5.13 Å². The molecule has 0 aromatic carbocycles. The number of hydrogen-bond donors (Lipinski definition) is 1. The molecule has 0 aliphatic carbocycles. The van der Waals surface area contributed by atoms with Crippen LogP contribution in [0.1, 0.15) is 32.4 Å². The molecule has 2 rings (SSSR count). The van der Waals surface area contributed by atoms with Gasteiger partial charge in [-0.1, -0.05) is 13.8 Å².